The predicted molar refractivity (Wildman–Crippen MR) is 108 cm³/mol. The second kappa shape index (κ2) is 8.44. The van der Waals surface area contributed by atoms with E-state index in [0.717, 1.165) is 4.68 Å². The first-order chi connectivity index (χ1) is 14.6. The van der Waals surface area contributed by atoms with Crippen LogP contribution in [0.3, 0.4) is 0 Å². The summed E-state index contributed by atoms with van der Waals surface area (Å²) < 4.78 is 11.4. The summed E-state index contributed by atoms with van der Waals surface area (Å²) in [4.78, 5) is 37.5. The van der Waals surface area contributed by atoms with Crippen LogP contribution in [0.4, 0.5) is 0 Å². The summed E-state index contributed by atoms with van der Waals surface area (Å²) in [7, 11) is 0. The molecule has 8 nitrogen and oxygen atoms in total. The van der Waals surface area contributed by atoms with E-state index in [1.54, 1.807) is 60.7 Å². The molecule has 0 radical (unpaired) electrons. The third-order valence-corrected chi connectivity index (χ3v) is 4.37. The van der Waals surface area contributed by atoms with Gasteiger partial charge in [0.05, 0.1) is 23.9 Å². The van der Waals surface area contributed by atoms with Crippen molar-refractivity contribution in [3.8, 4) is 5.69 Å². The molecule has 2 aromatic carbocycles. The van der Waals surface area contributed by atoms with Crippen molar-refractivity contribution in [1.82, 2.24) is 15.1 Å². The number of fused-ring (bicyclic) bond motifs is 1. The van der Waals surface area contributed by atoms with Gasteiger partial charge in [0.15, 0.2) is 12.3 Å². The lowest BCUT2D eigenvalue weighted by Gasteiger charge is -2.11. The van der Waals surface area contributed by atoms with Crippen molar-refractivity contribution < 1.29 is 18.7 Å². The van der Waals surface area contributed by atoms with E-state index in [9.17, 15) is 14.4 Å². The second-order valence-electron chi connectivity index (χ2n) is 6.38. The smallest absolute Gasteiger partial charge is 0.359 e. The van der Waals surface area contributed by atoms with Gasteiger partial charge >= 0.3 is 5.97 Å². The minimum Gasteiger partial charge on any atom is -0.467 e. The van der Waals surface area contributed by atoms with Gasteiger partial charge in [-0.15, -0.1) is 0 Å². The van der Waals surface area contributed by atoms with Crippen LogP contribution in [0.15, 0.2) is 82.2 Å². The lowest BCUT2D eigenvalue weighted by Crippen LogP contribution is -2.29. The van der Waals surface area contributed by atoms with Crippen molar-refractivity contribution in [3.63, 3.8) is 0 Å². The Balaban J connectivity index is 1.58. The lowest BCUT2D eigenvalue weighted by atomic mass is 10.1. The van der Waals surface area contributed by atoms with Gasteiger partial charge in [-0.2, -0.15) is 9.78 Å². The molecule has 0 saturated heterocycles. The number of nitrogens with one attached hydrogen (secondary N) is 1. The SMILES string of the molecule is O=C(COC(=O)c1nn(-c2ccccc2)c(=O)c2ccccc12)NCc1ccco1. The number of furan rings is 1. The zero-order valence-electron chi connectivity index (χ0n) is 15.8. The zero-order chi connectivity index (χ0) is 20.9. The van der Waals surface area contributed by atoms with Gasteiger partial charge in [0.2, 0.25) is 0 Å². The fraction of sp³-hybridized carbons (Fsp3) is 0.0909. The second-order valence-corrected chi connectivity index (χ2v) is 6.38. The van der Waals surface area contributed by atoms with E-state index >= 15 is 0 Å². The largest absolute Gasteiger partial charge is 0.467 e. The molecule has 0 aliphatic heterocycles. The minimum atomic E-state index is -0.802. The Morgan fingerprint density at radius 1 is 0.967 bits per heavy atom. The summed E-state index contributed by atoms with van der Waals surface area (Å²) in [6.45, 7) is -0.302. The molecule has 0 aliphatic rings. The number of para-hydroxylation sites is 1. The van der Waals surface area contributed by atoms with Crippen molar-refractivity contribution in [1.29, 1.82) is 0 Å². The molecule has 4 aromatic rings. The zero-order valence-corrected chi connectivity index (χ0v) is 15.8. The summed E-state index contributed by atoms with van der Waals surface area (Å²) >= 11 is 0. The lowest BCUT2D eigenvalue weighted by molar-refractivity contribution is -0.124. The van der Waals surface area contributed by atoms with Gasteiger partial charge in [-0.25, -0.2) is 4.79 Å². The van der Waals surface area contributed by atoms with Crippen LogP contribution in [0.5, 0.6) is 0 Å². The monoisotopic (exact) mass is 403 g/mol. The van der Waals surface area contributed by atoms with Crippen LogP contribution in [0, 0.1) is 0 Å². The van der Waals surface area contributed by atoms with Gasteiger partial charge in [-0.3, -0.25) is 9.59 Å². The van der Waals surface area contributed by atoms with E-state index < -0.39 is 18.5 Å². The van der Waals surface area contributed by atoms with Crippen LogP contribution in [0.25, 0.3) is 16.5 Å². The number of hydrogen-bond acceptors (Lipinski definition) is 6. The van der Waals surface area contributed by atoms with E-state index in [1.165, 1.54) is 6.26 Å². The van der Waals surface area contributed by atoms with Crippen LogP contribution in [0.1, 0.15) is 16.2 Å². The van der Waals surface area contributed by atoms with Crippen LogP contribution in [-0.4, -0.2) is 28.3 Å². The molecule has 0 spiro atoms. The molecule has 1 amide bonds. The Labute approximate surface area is 170 Å². The highest BCUT2D eigenvalue weighted by Crippen LogP contribution is 2.16. The molecule has 0 bridgehead atoms. The molecule has 4 rings (SSSR count). The average molecular weight is 403 g/mol. The van der Waals surface area contributed by atoms with Gasteiger partial charge < -0.3 is 14.5 Å². The third kappa shape index (κ3) is 3.97. The standard InChI is InChI=1S/C22H17N3O5/c26-19(23-13-16-9-6-12-29-16)14-30-22(28)20-17-10-4-5-11-18(17)21(27)25(24-20)15-7-2-1-3-8-15/h1-12H,13-14H2,(H,23,26). The summed E-state index contributed by atoms with van der Waals surface area (Å²) in [6, 6.07) is 18.8. The Hall–Kier alpha value is -4.20. The van der Waals surface area contributed by atoms with Crippen molar-refractivity contribution in [2.24, 2.45) is 0 Å². The quantitative estimate of drug-likeness (QED) is 0.496. The van der Waals surface area contributed by atoms with Crippen molar-refractivity contribution in [2.75, 3.05) is 6.61 Å². The number of amides is 1. The number of hydrogen-bond donors (Lipinski definition) is 1. The van der Waals surface area contributed by atoms with Gasteiger partial charge in [0.25, 0.3) is 11.5 Å². The Kier molecular flexibility index (Phi) is 5.38. The van der Waals surface area contributed by atoms with Gasteiger partial charge in [-0.05, 0) is 30.3 Å². The highest BCUT2D eigenvalue weighted by Gasteiger charge is 2.19. The molecule has 0 aliphatic carbocycles. The normalized spacial score (nSPS) is 10.7. The van der Waals surface area contributed by atoms with Crippen LogP contribution < -0.4 is 10.9 Å². The number of aromatic nitrogens is 2. The number of carbonyl (C=O) groups excluding carboxylic acids is 2. The molecule has 0 fully saturated rings. The van der Waals surface area contributed by atoms with Gasteiger partial charge in [-0.1, -0.05) is 36.4 Å². The van der Waals surface area contributed by atoms with Gasteiger partial charge in [0, 0.05) is 5.39 Å². The van der Waals surface area contributed by atoms with Crippen molar-refractivity contribution >= 4 is 22.6 Å². The van der Waals surface area contributed by atoms with E-state index in [1.807, 2.05) is 6.07 Å². The fourth-order valence-electron chi connectivity index (χ4n) is 2.93. The average Bonchev–Trinajstić information content (AvgIpc) is 3.31. The summed E-state index contributed by atoms with van der Waals surface area (Å²) in [5, 5.41) is 7.49. The molecule has 8 heteroatoms. The maximum Gasteiger partial charge on any atom is 0.359 e. The molecule has 30 heavy (non-hydrogen) atoms. The minimum absolute atomic E-state index is 0.0483. The van der Waals surface area contributed by atoms with E-state index in [-0.39, 0.29) is 17.8 Å². The number of nitrogens with zero attached hydrogens (tertiary/aromatic N) is 2. The van der Waals surface area contributed by atoms with E-state index in [2.05, 4.69) is 10.4 Å². The predicted octanol–water partition coefficient (Wildman–Crippen LogP) is 2.45. The highest BCUT2D eigenvalue weighted by atomic mass is 16.5. The number of ether oxygens (including phenoxy) is 1. The van der Waals surface area contributed by atoms with Gasteiger partial charge in [0.1, 0.15) is 5.76 Å². The maximum atomic E-state index is 12.8. The molecule has 1 N–H and O–H groups in total. The van der Waals surface area contributed by atoms with Crippen LogP contribution in [-0.2, 0) is 16.1 Å². The Morgan fingerprint density at radius 3 is 2.43 bits per heavy atom. The number of rotatable bonds is 6. The van der Waals surface area contributed by atoms with E-state index in [0.29, 0.717) is 22.2 Å². The summed E-state index contributed by atoms with van der Waals surface area (Å²) in [5.41, 5.74) is 0.107. The molecular weight excluding hydrogens is 386 g/mol. The first-order valence-electron chi connectivity index (χ1n) is 9.17. The maximum absolute atomic E-state index is 12.8. The number of benzene rings is 2. The number of carbonyl (C=O) groups is 2. The summed E-state index contributed by atoms with van der Waals surface area (Å²) in [5.74, 6) is -0.707. The Bertz CT molecular complexity index is 1250. The molecule has 2 heterocycles. The Morgan fingerprint density at radius 2 is 1.70 bits per heavy atom. The highest BCUT2D eigenvalue weighted by molar-refractivity contribution is 6.02. The van der Waals surface area contributed by atoms with Crippen molar-refractivity contribution in [2.45, 2.75) is 6.54 Å². The molecule has 2 aromatic heterocycles. The molecule has 0 unspecified atom stereocenters. The molecule has 150 valence electrons. The molecule has 0 saturated carbocycles. The fourth-order valence-corrected chi connectivity index (χ4v) is 2.93. The van der Waals surface area contributed by atoms with E-state index in [4.69, 9.17) is 9.15 Å². The topological polar surface area (TPSA) is 103 Å². The van der Waals surface area contributed by atoms with Crippen molar-refractivity contribution in [3.05, 3.63) is 94.8 Å². The molecule has 0 atom stereocenters. The number of esters is 1. The first kappa shape index (κ1) is 19.1. The third-order valence-electron chi connectivity index (χ3n) is 4.37. The molecular formula is C22H17N3O5. The first-order valence-corrected chi connectivity index (χ1v) is 9.17. The van der Waals surface area contributed by atoms with Crippen LogP contribution >= 0.6 is 0 Å². The van der Waals surface area contributed by atoms with Crippen LogP contribution in [0.2, 0.25) is 0 Å². The summed E-state index contributed by atoms with van der Waals surface area (Å²) in [6.07, 6.45) is 1.50.